The highest BCUT2D eigenvalue weighted by Gasteiger charge is 2.37. The molecule has 1 fully saturated rings. The number of benzene rings is 1. The molecule has 0 spiro atoms. The van der Waals surface area contributed by atoms with Crippen LogP contribution in [-0.4, -0.2) is 42.3 Å². The minimum Gasteiger partial charge on any atom is -0.492 e. The molecule has 4 nitrogen and oxygen atoms in total. The van der Waals surface area contributed by atoms with Crippen molar-refractivity contribution < 1.29 is 9.47 Å². The molecule has 0 amide bonds. The molecule has 0 saturated carbocycles. The fourth-order valence-corrected chi connectivity index (χ4v) is 2.96. The van der Waals surface area contributed by atoms with Gasteiger partial charge in [-0.3, -0.25) is 4.90 Å². The van der Waals surface area contributed by atoms with Gasteiger partial charge in [-0.25, -0.2) is 0 Å². The van der Waals surface area contributed by atoms with Crippen LogP contribution >= 0.6 is 0 Å². The Kier molecular flexibility index (Phi) is 4.25. The zero-order valence-corrected chi connectivity index (χ0v) is 13.0. The summed E-state index contributed by atoms with van der Waals surface area (Å²) in [5, 5.41) is 0. The van der Waals surface area contributed by atoms with Gasteiger partial charge in [0.15, 0.2) is 0 Å². The second-order valence-corrected chi connectivity index (χ2v) is 6.75. The van der Waals surface area contributed by atoms with Crippen molar-refractivity contribution in [1.29, 1.82) is 0 Å². The molecule has 1 aliphatic heterocycles. The Hall–Kier alpha value is -1.26. The molecule has 4 heteroatoms. The third-order valence-corrected chi connectivity index (χ3v) is 3.32. The van der Waals surface area contributed by atoms with E-state index in [-0.39, 0.29) is 11.2 Å². The molecule has 2 rings (SSSR count). The summed E-state index contributed by atoms with van der Waals surface area (Å²) in [6.45, 7) is 12.0. The van der Waals surface area contributed by atoms with Crippen LogP contribution < -0.4 is 10.5 Å². The molecule has 2 N–H and O–H groups in total. The van der Waals surface area contributed by atoms with Crippen LogP contribution in [0.5, 0.6) is 5.75 Å². The molecule has 112 valence electrons. The minimum atomic E-state index is -0.108. The first-order valence-electron chi connectivity index (χ1n) is 7.17. The summed E-state index contributed by atoms with van der Waals surface area (Å²) in [5.74, 6) is 0.867. The van der Waals surface area contributed by atoms with Crippen LogP contribution in [0.4, 0.5) is 5.69 Å². The quantitative estimate of drug-likeness (QED) is 0.860. The molecule has 0 atom stereocenters. The number of ether oxygens (including phenoxy) is 2. The van der Waals surface area contributed by atoms with Gasteiger partial charge in [0.25, 0.3) is 0 Å². The smallest absolute Gasteiger partial charge is 0.119 e. The van der Waals surface area contributed by atoms with Gasteiger partial charge in [0, 0.05) is 25.3 Å². The van der Waals surface area contributed by atoms with Crippen molar-refractivity contribution in [2.75, 3.05) is 32.0 Å². The van der Waals surface area contributed by atoms with E-state index in [0.29, 0.717) is 6.61 Å². The van der Waals surface area contributed by atoms with Crippen LogP contribution in [0, 0.1) is 0 Å². The maximum absolute atomic E-state index is 6.07. The van der Waals surface area contributed by atoms with Crippen molar-refractivity contribution in [2.24, 2.45) is 0 Å². The van der Waals surface area contributed by atoms with Crippen LogP contribution in [-0.2, 0) is 4.74 Å². The minimum absolute atomic E-state index is 0.108. The molecule has 20 heavy (non-hydrogen) atoms. The highest BCUT2D eigenvalue weighted by molar-refractivity contribution is 5.41. The molecule has 0 radical (unpaired) electrons. The highest BCUT2D eigenvalue weighted by atomic mass is 16.5. The van der Waals surface area contributed by atoms with Crippen LogP contribution in [0.3, 0.4) is 0 Å². The van der Waals surface area contributed by atoms with Gasteiger partial charge in [-0.05, 0) is 52.0 Å². The van der Waals surface area contributed by atoms with E-state index in [1.807, 2.05) is 24.3 Å². The number of hydrogen-bond donors (Lipinski definition) is 1. The maximum Gasteiger partial charge on any atom is 0.119 e. The summed E-state index contributed by atoms with van der Waals surface area (Å²) < 4.78 is 11.8. The van der Waals surface area contributed by atoms with E-state index in [0.717, 1.165) is 31.1 Å². The molecule has 1 saturated heterocycles. The van der Waals surface area contributed by atoms with Crippen LogP contribution in [0.1, 0.15) is 27.7 Å². The van der Waals surface area contributed by atoms with Crippen LogP contribution in [0.2, 0.25) is 0 Å². The monoisotopic (exact) mass is 278 g/mol. The number of nitrogens with zero attached hydrogens (tertiary/aromatic N) is 1. The number of rotatable bonds is 4. The van der Waals surface area contributed by atoms with E-state index in [4.69, 9.17) is 15.2 Å². The average Bonchev–Trinajstić information content (AvgIpc) is 2.27. The second-order valence-electron chi connectivity index (χ2n) is 6.75. The van der Waals surface area contributed by atoms with E-state index in [2.05, 4.69) is 32.6 Å². The lowest BCUT2D eigenvalue weighted by molar-refractivity contribution is -0.181. The summed E-state index contributed by atoms with van der Waals surface area (Å²) in [7, 11) is 0. The van der Waals surface area contributed by atoms with Crippen molar-refractivity contribution in [3.8, 4) is 5.75 Å². The zero-order chi connectivity index (χ0) is 14.8. The molecule has 0 unspecified atom stereocenters. The predicted octanol–water partition coefficient (Wildman–Crippen LogP) is 2.54. The fourth-order valence-electron chi connectivity index (χ4n) is 2.96. The SMILES string of the molecule is CC1(C)CN(CCOc2ccc(N)cc2)CC(C)(C)O1. The highest BCUT2D eigenvalue weighted by Crippen LogP contribution is 2.27. The molecule has 1 aromatic carbocycles. The number of nitrogen functional groups attached to an aromatic ring is 1. The normalized spacial score (nSPS) is 21.6. The molecule has 0 aromatic heterocycles. The van der Waals surface area contributed by atoms with Crippen molar-refractivity contribution >= 4 is 5.69 Å². The van der Waals surface area contributed by atoms with Gasteiger partial charge in [0.05, 0.1) is 11.2 Å². The van der Waals surface area contributed by atoms with Crippen LogP contribution in [0.25, 0.3) is 0 Å². The number of morpholine rings is 1. The van der Waals surface area contributed by atoms with Gasteiger partial charge in [-0.1, -0.05) is 0 Å². The summed E-state index contributed by atoms with van der Waals surface area (Å²) in [5.41, 5.74) is 6.20. The van der Waals surface area contributed by atoms with Crippen molar-refractivity contribution in [2.45, 2.75) is 38.9 Å². The fraction of sp³-hybridized carbons (Fsp3) is 0.625. The van der Waals surface area contributed by atoms with Crippen molar-refractivity contribution in [3.63, 3.8) is 0 Å². The second kappa shape index (κ2) is 5.62. The van der Waals surface area contributed by atoms with E-state index >= 15 is 0 Å². The first kappa shape index (κ1) is 15.1. The maximum atomic E-state index is 6.07. The topological polar surface area (TPSA) is 47.7 Å². The molecule has 1 aliphatic rings. The Bertz CT molecular complexity index is 424. The Morgan fingerprint density at radius 1 is 1.10 bits per heavy atom. The third-order valence-electron chi connectivity index (χ3n) is 3.32. The third kappa shape index (κ3) is 4.39. The van der Waals surface area contributed by atoms with E-state index < -0.39 is 0 Å². The van der Waals surface area contributed by atoms with Gasteiger partial charge in [-0.15, -0.1) is 0 Å². The number of anilines is 1. The summed E-state index contributed by atoms with van der Waals surface area (Å²) in [6, 6.07) is 7.53. The molecule has 1 heterocycles. The Balaban J connectivity index is 1.83. The number of nitrogens with two attached hydrogens (primary N) is 1. The zero-order valence-electron chi connectivity index (χ0n) is 13.0. The van der Waals surface area contributed by atoms with Crippen molar-refractivity contribution in [1.82, 2.24) is 4.90 Å². The van der Waals surface area contributed by atoms with Crippen LogP contribution in [0.15, 0.2) is 24.3 Å². The van der Waals surface area contributed by atoms with E-state index in [9.17, 15) is 0 Å². The lowest BCUT2D eigenvalue weighted by atomic mass is 9.99. The molecule has 1 aromatic rings. The summed E-state index contributed by atoms with van der Waals surface area (Å²) in [6.07, 6.45) is 0. The van der Waals surface area contributed by atoms with Gasteiger partial charge in [-0.2, -0.15) is 0 Å². The van der Waals surface area contributed by atoms with E-state index in [1.165, 1.54) is 0 Å². The molecular formula is C16H26N2O2. The van der Waals surface area contributed by atoms with Gasteiger partial charge in [0.1, 0.15) is 12.4 Å². The van der Waals surface area contributed by atoms with Gasteiger partial charge >= 0.3 is 0 Å². The lowest BCUT2D eigenvalue weighted by Crippen LogP contribution is -2.57. The van der Waals surface area contributed by atoms with Gasteiger partial charge in [0.2, 0.25) is 0 Å². The molecule has 0 bridgehead atoms. The van der Waals surface area contributed by atoms with E-state index in [1.54, 1.807) is 0 Å². The number of hydrogen-bond acceptors (Lipinski definition) is 4. The average molecular weight is 278 g/mol. The Morgan fingerprint density at radius 3 is 2.20 bits per heavy atom. The Morgan fingerprint density at radius 2 is 1.65 bits per heavy atom. The first-order valence-corrected chi connectivity index (χ1v) is 7.17. The molecule has 0 aliphatic carbocycles. The Labute approximate surface area is 121 Å². The first-order chi connectivity index (χ1) is 9.26. The standard InChI is InChI=1S/C16H26N2O2/c1-15(2)11-18(12-16(3,4)20-15)9-10-19-14-7-5-13(17)6-8-14/h5-8H,9-12,17H2,1-4H3. The summed E-state index contributed by atoms with van der Waals surface area (Å²) >= 11 is 0. The largest absolute Gasteiger partial charge is 0.492 e. The van der Waals surface area contributed by atoms with Gasteiger partial charge < -0.3 is 15.2 Å². The lowest BCUT2D eigenvalue weighted by Gasteiger charge is -2.47. The summed E-state index contributed by atoms with van der Waals surface area (Å²) in [4.78, 5) is 2.40. The predicted molar refractivity (Wildman–Crippen MR) is 82.0 cm³/mol. The van der Waals surface area contributed by atoms with Crippen molar-refractivity contribution in [3.05, 3.63) is 24.3 Å². The molecular weight excluding hydrogens is 252 g/mol.